The molecule has 15 heavy (non-hydrogen) atoms. The van der Waals surface area contributed by atoms with Crippen molar-refractivity contribution in [2.75, 3.05) is 0 Å². The van der Waals surface area contributed by atoms with E-state index in [-0.39, 0.29) is 0 Å². The zero-order chi connectivity index (χ0) is 11.6. The highest BCUT2D eigenvalue weighted by Crippen LogP contribution is 2.32. The van der Waals surface area contributed by atoms with E-state index in [9.17, 15) is 18.0 Å². The standard InChI is InChI=1S/C9H8F3NO2/c10-6-4-2-1-3-5(6)9(11,12)7(13)8(14)15/h1-4,7H,13H2,(H,14,15). The molecule has 0 saturated heterocycles. The van der Waals surface area contributed by atoms with Crippen LogP contribution < -0.4 is 5.73 Å². The Morgan fingerprint density at radius 2 is 1.93 bits per heavy atom. The number of hydrogen-bond donors (Lipinski definition) is 2. The van der Waals surface area contributed by atoms with Gasteiger partial charge in [0.1, 0.15) is 5.82 Å². The lowest BCUT2D eigenvalue weighted by Crippen LogP contribution is -2.45. The van der Waals surface area contributed by atoms with Gasteiger partial charge in [-0.3, -0.25) is 4.79 Å². The second-order valence-electron chi connectivity index (χ2n) is 2.92. The van der Waals surface area contributed by atoms with Gasteiger partial charge in [-0.25, -0.2) is 4.39 Å². The maximum absolute atomic E-state index is 13.3. The smallest absolute Gasteiger partial charge is 0.327 e. The second-order valence-corrected chi connectivity index (χ2v) is 2.92. The molecule has 1 aromatic rings. The Hall–Kier alpha value is -1.56. The van der Waals surface area contributed by atoms with E-state index in [0.717, 1.165) is 12.1 Å². The lowest BCUT2D eigenvalue weighted by atomic mass is 10.0. The predicted molar refractivity (Wildman–Crippen MR) is 45.9 cm³/mol. The minimum Gasteiger partial charge on any atom is -0.480 e. The van der Waals surface area contributed by atoms with Crippen LogP contribution in [0, 0.1) is 5.82 Å². The molecule has 0 amide bonds. The Kier molecular flexibility index (Phi) is 2.99. The Bertz CT molecular complexity index is 381. The molecule has 0 spiro atoms. The van der Waals surface area contributed by atoms with E-state index in [0.29, 0.717) is 0 Å². The molecule has 0 aliphatic heterocycles. The first-order chi connectivity index (χ1) is 6.87. The van der Waals surface area contributed by atoms with Gasteiger partial charge in [-0.15, -0.1) is 0 Å². The molecule has 0 fully saturated rings. The van der Waals surface area contributed by atoms with E-state index in [1.807, 2.05) is 0 Å². The van der Waals surface area contributed by atoms with Crippen molar-refractivity contribution in [1.82, 2.24) is 0 Å². The third kappa shape index (κ3) is 2.10. The minimum atomic E-state index is -3.93. The first kappa shape index (κ1) is 11.5. The topological polar surface area (TPSA) is 63.3 Å². The van der Waals surface area contributed by atoms with Gasteiger partial charge in [0.15, 0.2) is 6.04 Å². The summed E-state index contributed by atoms with van der Waals surface area (Å²) in [4.78, 5) is 10.3. The van der Waals surface area contributed by atoms with Crippen molar-refractivity contribution in [3.05, 3.63) is 35.6 Å². The number of hydrogen-bond acceptors (Lipinski definition) is 2. The number of carboxylic acids is 1. The van der Waals surface area contributed by atoms with Gasteiger partial charge >= 0.3 is 11.9 Å². The molecule has 0 aliphatic carbocycles. The van der Waals surface area contributed by atoms with Crippen molar-refractivity contribution in [1.29, 1.82) is 0 Å². The molecular weight excluding hydrogens is 211 g/mol. The quantitative estimate of drug-likeness (QED) is 0.806. The zero-order valence-corrected chi connectivity index (χ0v) is 7.45. The maximum Gasteiger partial charge on any atom is 0.327 e. The van der Waals surface area contributed by atoms with E-state index in [4.69, 9.17) is 10.8 Å². The number of rotatable bonds is 3. The Labute approximate surface area is 83.3 Å². The van der Waals surface area contributed by atoms with E-state index >= 15 is 0 Å². The van der Waals surface area contributed by atoms with Crippen LogP contribution in [0.15, 0.2) is 24.3 Å². The molecule has 6 heteroatoms. The van der Waals surface area contributed by atoms with Crippen LogP contribution in [-0.2, 0) is 10.7 Å². The molecule has 0 saturated carbocycles. The fraction of sp³-hybridized carbons (Fsp3) is 0.222. The molecule has 3 nitrogen and oxygen atoms in total. The summed E-state index contributed by atoms with van der Waals surface area (Å²) in [6, 6.07) is 1.56. The van der Waals surface area contributed by atoms with Crippen molar-refractivity contribution < 1.29 is 23.1 Å². The maximum atomic E-state index is 13.3. The van der Waals surface area contributed by atoms with Gasteiger partial charge in [-0.05, 0) is 6.07 Å². The highest BCUT2D eigenvalue weighted by atomic mass is 19.3. The van der Waals surface area contributed by atoms with Gasteiger partial charge in [0.2, 0.25) is 0 Å². The van der Waals surface area contributed by atoms with Gasteiger partial charge in [0.05, 0.1) is 5.56 Å². The third-order valence-corrected chi connectivity index (χ3v) is 1.89. The summed E-state index contributed by atoms with van der Waals surface area (Å²) in [6.45, 7) is 0. The van der Waals surface area contributed by atoms with Crippen LogP contribution in [0.2, 0.25) is 0 Å². The SMILES string of the molecule is NC(C(=O)O)C(F)(F)c1ccccc1F. The molecule has 1 atom stereocenters. The van der Waals surface area contributed by atoms with E-state index in [1.165, 1.54) is 12.1 Å². The van der Waals surface area contributed by atoms with Gasteiger partial charge in [-0.1, -0.05) is 18.2 Å². The Morgan fingerprint density at radius 1 is 1.40 bits per heavy atom. The molecule has 3 N–H and O–H groups in total. The summed E-state index contributed by atoms with van der Waals surface area (Å²) >= 11 is 0. The fourth-order valence-electron chi connectivity index (χ4n) is 1.05. The van der Waals surface area contributed by atoms with Crippen LogP contribution in [0.5, 0.6) is 0 Å². The minimum absolute atomic E-state index is 0.804. The number of benzene rings is 1. The second kappa shape index (κ2) is 3.90. The summed E-state index contributed by atoms with van der Waals surface area (Å²) in [5.41, 5.74) is 3.76. The largest absolute Gasteiger partial charge is 0.480 e. The predicted octanol–water partition coefficient (Wildman–Crippen LogP) is 1.33. The summed E-state index contributed by atoms with van der Waals surface area (Å²) in [5, 5.41) is 8.34. The molecule has 1 unspecified atom stereocenters. The number of alkyl halides is 2. The van der Waals surface area contributed by atoms with Crippen LogP contribution in [-0.4, -0.2) is 17.1 Å². The van der Waals surface area contributed by atoms with Crippen LogP contribution in [0.4, 0.5) is 13.2 Å². The van der Waals surface area contributed by atoms with E-state index in [2.05, 4.69) is 0 Å². The first-order valence-corrected chi connectivity index (χ1v) is 3.98. The van der Waals surface area contributed by atoms with Gasteiger partial charge < -0.3 is 10.8 Å². The van der Waals surface area contributed by atoms with E-state index < -0.39 is 29.3 Å². The van der Waals surface area contributed by atoms with Crippen LogP contribution >= 0.6 is 0 Å². The molecule has 82 valence electrons. The molecule has 0 heterocycles. The van der Waals surface area contributed by atoms with Crippen molar-refractivity contribution in [3.63, 3.8) is 0 Å². The molecule has 0 radical (unpaired) electrons. The van der Waals surface area contributed by atoms with E-state index in [1.54, 1.807) is 0 Å². The Morgan fingerprint density at radius 3 is 2.40 bits per heavy atom. The molecular formula is C9H8F3NO2. The average molecular weight is 219 g/mol. The van der Waals surface area contributed by atoms with Gasteiger partial charge in [-0.2, -0.15) is 8.78 Å². The monoisotopic (exact) mass is 219 g/mol. The molecule has 0 bridgehead atoms. The molecule has 0 aromatic heterocycles. The lowest BCUT2D eigenvalue weighted by molar-refractivity contribution is -0.149. The first-order valence-electron chi connectivity index (χ1n) is 3.98. The molecule has 1 rings (SSSR count). The average Bonchev–Trinajstić information content (AvgIpc) is 2.16. The van der Waals surface area contributed by atoms with Crippen molar-refractivity contribution in [2.45, 2.75) is 12.0 Å². The number of carbonyl (C=O) groups is 1. The molecule has 0 aliphatic rings. The van der Waals surface area contributed by atoms with Crippen LogP contribution in [0.3, 0.4) is 0 Å². The number of carboxylic acid groups (broad SMARTS) is 1. The van der Waals surface area contributed by atoms with Gasteiger partial charge in [0, 0.05) is 0 Å². The third-order valence-electron chi connectivity index (χ3n) is 1.89. The number of halogens is 3. The number of aliphatic carboxylic acids is 1. The zero-order valence-electron chi connectivity index (χ0n) is 7.45. The summed E-state index contributed by atoms with van der Waals surface area (Å²) in [5.74, 6) is -7.00. The van der Waals surface area contributed by atoms with Gasteiger partial charge in [0.25, 0.3) is 0 Å². The summed E-state index contributed by atoms with van der Waals surface area (Å²) in [7, 11) is 0. The fourth-order valence-corrected chi connectivity index (χ4v) is 1.05. The van der Waals surface area contributed by atoms with Crippen LogP contribution in [0.25, 0.3) is 0 Å². The van der Waals surface area contributed by atoms with Crippen molar-refractivity contribution in [3.8, 4) is 0 Å². The van der Waals surface area contributed by atoms with Crippen molar-refractivity contribution >= 4 is 5.97 Å². The molecule has 1 aromatic carbocycles. The number of nitrogens with two attached hydrogens (primary N) is 1. The highest BCUT2D eigenvalue weighted by Gasteiger charge is 2.45. The lowest BCUT2D eigenvalue weighted by Gasteiger charge is -2.20. The van der Waals surface area contributed by atoms with Crippen LogP contribution in [0.1, 0.15) is 5.56 Å². The van der Waals surface area contributed by atoms with Crippen molar-refractivity contribution in [2.24, 2.45) is 5.73 Å². The normalized spacial score (nSPS) is 13.6. The summed E-state index contributed by atoms with van der Waals surface area (Å²) < 4.78 is 39.6. The Balaban J connectivity index is 3.16. The highest BCUT2D eigenvalue weighted by molar-refractivity contribution is 5.74. The summed E-state index contributed by atoms with van der Waals surface area (Å²) in [6.07, 6.45) is 0.